The van der Waals surface area contributed by atoms with Gasteiger partial charge in [-0.05, 0) is 94.3 Å². The van der Waals surface area contributed by atoms with Crippen molar-refractivity contribution < 1.29 is 37.4 Å². The molecule has 10 nitrogen and oxygen atoms in total. The fourth-order valence-corrected chi connectivity index (χ4v) is 6.32. The van der Waals surface area contributed by atoms with Crippen molar-refractivity contribution in [2.45, 2.75) is 80.7 Å². The molecule has 47 heavy (non-hydrogen) atoms. The number of oxime groups is 1. The van der Waals surface area contributed by atoms with Gasteiger partial charge in [-0.2, -0.15) is 0 Å². The quantitative estimate of drug-likeness (QED) is 0.0290. The second kappa shape index (κ2) is 17.7. The van der Waals surface area contributed by atoms with Crippen LogP contribution in [0, 0.1) is 0 Å². The number of aromatic nitrogens is 1. The van der Waals surface area contributed by atoms with E-state index in [1.807, 2.05) is 45.0 Å². The van der Waals surface area contributed by atoms with Crippen LogP contribution in [0.3, 0.4) is 0 Å². The topological polar surface area (TPSA) is 122 Å². The number of ketones is 2. The Labute approximate surface area is 276 Å². The first-order valence-corrected chi connectivity index (χ1v) is 17.7. The zero-order valence-electron chi connectivity index (χ0n) is 28.3. The maximum absolute atomic E-state index is 13.6. The molecule has 0 aliphatic rings. The van der Waals surface area contributed by atoms with Gasteiger partial charge >= 0.3 is 13.8 Å². The maximum atomic E-state index is 13.6. The van der Waals surface area contributed by atoms with Gasteiger partial charge in [-0.15, -0.1) is 0 Å². The van der Waals surface area contributed by atoms with Crippen molar-refractivity contribution in [1.82, 2.24) is 4.57 Å². The Morgan fingerprint density at radius 3 is 1.85 bits per heavy atom. The van der Waals surface area contributed by atoms with Gasteiger partial charge in [-0.1, -0.05) is 38.8 Å². The SMILES string of the molecule is CC.CCCCC/C(=N\OC(C)=O)C(=O)c1ccc2c(c1)c1cc(C(=O)c3ccc(OP(=O)(OCC)OCC)cc3)ccc1n2CC. The van der Waals surface area contributed by atoms with Gasteiger partial charge in [0.1, 0.15) is 11.5 Å². The lowest BCUT2D eigenvalue weighted by Gasteiger charge is -2.17. The number of benzene rings is 3. The van der Waals surface area contributed by atoms with Crippen molar-refractivity contribution in [2.75, 3.05) is 13.2 Å². The minimum atomic E-state index is -3.76. The largest absolute Gasteiger partial charge is 0.530 e. The molecule has 0 atom stereocenters. The average molecular weight is 665 g/mol. The number of phosphoric acid groups is 1. The smallest absolute Gasteiger partial charge is 0.404 e. The molecule has 1 aromatic heterocycles. The number of aryl methyl sites for hydroxylation is 1. The van der Waals surface area contributed by atoms with E-state index >= 15 is 0 Å². The lowest BCUT2D eigenvalue weighted by molar-refractivity contribution is -0.140. The van der Waals surface area contributed by atoms with E-state index in [1.165, 1.54) is 6.92 Å². The monoisotopic (exact) mass is 664 g/mol. The van der Waals surface area contributed by atoms with Crippen LogP contribution in [-0.4, -0.2) is 41.0 Å². The van der Waals surface area contributed by atoms with E-state index in [9.17, 15) is 18.9 Å². The fraction of sp³-hybridized carbons (Fsp3) is 0.389. The normalized spacial score (nSPS) is 11.7. The van der Waals surface area contributed by atoms with Gasteiger partial charge in [0.05, 0.1) is 13.2 Å². The second-order valence-electron chi connectivity index (χ2n) is 10.3. The van der Waals surface area contributed by atoms with Crippen LogP contribution in [0.4, 0.5) is 0 Å². The summed E-state index contributed by atoms with van der Waals surface area (Å²) in [5.41, 5.74) is 3.35. The Morgan fingerprint density at radius 1 is 0.766 bits per heavy atom. The first kappa shape index (κ1) is 37.3. The first-order chi connectivity index (χ1) is 22.6. The summed E-state index contributed by atoms with van der Waals surface area (Å²) in [4.78, 5) is 43.3. The molecule has 3 aromatic carbocycles. The molecular weight excluding hydrogens is 619 g/mol. The zero-order chi connectivity index (χ0) is 34.6. The first-order valence-electron chi connectivity index (χ1n) is 16.2. The van der Waals surface area contributed by atoms with Gasteiger partial charge in [0.15, 0.2) is 5.78 Å². The summed E-state index contributed by atoms with van der Waals surface area (Å²) in [5.74, 6) is -0.855. The summed E-state index contributed by atoms with van der Waals surface area (Å²) in [6.07, 6.45) is 3.03. The summed E-state index contributed by atoms with van der Waals surface area (Å²) in [5, 5.41) is 5.52. The molecule has 4 aromatic rings. The Morgan fingerprint density at radius 2 is 1.32 bits per heavy atom. The molecule has 11 heteroatoms. The molecule has 0 unspecified atom stereocenters. The van der Waals surface area contributed by atoms with Crippen LogP contribution in [0.25, 0.3) is 21.8 Å². The average Bonchev–Trinajstić information content (AvgIpc) is 3.39. The van der Waals surface area contributed by atoms with Crippen molar-refractivity contribution in [3.05, 3.63) is 77.4 Å². The molecule has 1 heterocycles. The molecule has 252 valence electrons. The van der Waals surface area contributed by atoms with Crippen LogP contribution in [0.1, 0.15) is 100 Å². The summed E-state index contributed by atoms with van der Waals surface area (Å²) in [6.45, 7) is 13.7. The number of hydrogen-bond donors (Lipinski definition) is 0. The predicted octanol–water partition coefficient (Wildman–Crippen LogP) is 9.31. The molecule has 0 fully saturated rings. The van der Waals surface area contributed by atoms with Crippen molar-refractivity contribution in [2.24, 2.45) is 5.16 Å². The summed E-state index contributed by atoms with van der Waals surface area (Å²) >= 11 is 0. The lowest BCUT2D eigenvalue weighted by atomic mass is 9.98. The zero-order valence-corrected chi connectivity index (χ0v) is 29.2. The molecule has 0 aliphatic heterocycles. The molecule has 0 aliphatic carbocycles. The molecule has 0 amide bonds. The number of rotatable bonds is 16. The predicted molar refractivity (Wildman–Crippen MR) is 186 cm³/mol. The van der Waals surface area contributed by atoms with Gasteiger partial charge in [-0.3, -0.25) is 18.6 Å². The van der Waals surface area contributed by atoms with Gasteiger partial charge < -0.3 is 13.9 Å². The van der Waals surface area contributed by atoms with E-state index in [-0.39, 0.29) is 36.2 Å². The Kier molecular flexibility index (Phi) is 14.1. The van der Waals surface area contributed by atoms with E-state index in [0.717, 1.165) is 41.1 Å². The van der Waals surface area contributed by atoms with Crippen molar-refractivity contribution in [1.29, 1.82) is 0 Å². The Bertz CT molecular complexity index is 1770. The number of phosphoric ester groups is 1. The van der Waals surface area contributed by atoms with Crippen molar-refractivity contribution in [3.8, 4) is 5.75 Å². The number of fused-ring (bicyclic) bond motifs is 3. The molecule has 0 bridgehead atoms. The van der Waals surface area contributed by atoms with Crippen molar-refractivity contribution >= 4 is 52.9 Å². The molecule has 0 spiro atoms. The van der Waals surface area contributed by atoms with E-state index in [2.05, 4.69) is 16.6 Å². The second-order valence-corrected chi connectivity index (χ2v) is 11.9. The molecule has 0 saturated carbocycles. The third kappa shape index (κ3) is 9.25. The molecule has 0 N–H and O–H groups in total. The van der Waals surface area contributed by atoms with Crippen LogP contribution in [0.2, 0.25) is 0 Å². The van der Waals surface area contributed by atoms with Crippen molar-refractivity contribution in [3.63, 3.8) is 0 Å². The third-order valence-corrected chi connectivity index (χ3v) is 8.76. The lowest BCUT2D eigenvalue weighted by Crippen LogP contribution is -2.16. The van der Waals surface area contributed by atoms with Crippen LogP contribution in [-0.2, 0) is 29.8 Å². The van der Waals surface area contributed by atoms with Crippen LogP contribution < -0.4 is 4.52 Å². The minimum Gasteiger partial charge on any atom is -0.404 e. The molecule has 0 radical (unpaired) electrons. The van der Waals surface area contributed by atoms with E-state index < -0.39 is 13.8 Å². The molecular formula is C36H45N2O8P. The van der Waals surface area contributed by atoms with Gasteiger partial charge in [-0.25, -0.2) is 9.36 Å². The minimum absolute atomic E-state index is 0.155. The highest BCUT2D eigenvalue weighted by Crippen LogP contribution is 2.49. The third-order valence-electron chi connectivity index (χ3n) is 7.18. The van der Waals surface area contributed by atoms with Crippen LogP contribution in [0.15, 0.2) is 65.8 Å². The standard InChI is InChI=1S/C34H39N2O8P.C2H6/c1-6-10-11-12-30(35-43-23(5)37)34(39)26-16-20-32-29(22-26)28-21-25(15-19-31(28)36(32)7-2)33(38)24-13-17-27(18-14-24)44-45(40,41-8-3)42-9-4;1-2/h13-22H,6-12H2,1-5H3;1-2H3/b35-30+;. The maximum Gasteiger partial charge on any atom is 0.530 e. The molecule has 0 saturated heterocycles. The summed E-state index contributed by atoms with van der Waals surface area (Å²) in [6, 6.07) is 17.3. The highest BCUT2D eigenvalue weighted by Gasteiger charge is 2.27. The van der Waals surface area contributed by atoms with Crippen LogP contribution >= 0.6 is 7.82 Å². The Balaban J connectivity index is 0.00000294. The van der Waals surface area contributed by atoms with E-state index in [0.29, 0.717) is 29.7 Å². The van der Waals surface area contributed by atoms with Gasteiger partial charge in [0.25, 0.3) is 0 Å². The summed E-state index contributed by atoms with van der Waals surface area (Å²) in [7, 11) is -3.76. The Hall–Kier alpha value is -4.11. The van der Waals surface area contributed by atoms with Gasteiger partial charge in [0, 0.05) is 52.0 Å². The summed E-state index contributed by atoms with van der Waals surface area (Å²) < 4.78 is 30.7. The fourth-order valence-electron chi connectivity index (χ4n) is 5.13. The number of Topliss-reactive ketones (excluding diaryl/α,β-unsaturated/α-hetero) is 1. The number of unbranched alkanes of at least 4 members (excludes halogenated alkanes) is 2. The molecule has 4 rings (SSSR count). The highest BCUT2D eigenvalue weighted by atomic mass is 31.2. The number of hydrogen-bond acceptors (Lipinski definition) is 9. The number of carbonyl (C=O) groups excluding carboxylic acids is 3. The van der Waals surface area contributed by atoms with Crippen LogP contribution in [0.5, 0.6) is 5.75 Å². The number of nitrogens with zero attached hydrogens (tertiary/aromatic N) is 2. The van der Waals surface area contributed by atoms with E-state index in [4.69, 9.17) is 18.4 Å². The number of carbonyl (C=O) groups is 3. The van der Waals surface area contributed by atoms with E-state index in [1.54, 1.807) is 50.2 Å². The highest BCUT2D eigenvalue weighted by molar-refractivity contribution is 7.48. The van der Waals surface area contributed by atoms with Gasteiger partial charge in [0.2, 0.25) is 5.78 Å².